The first-order chi connectivity index (χ1) is 7.63. The molecule has 3 nitrogen and oxygen atoms in total. The molecule has 0 spiro atoms. The summed E-state index contributed by atoms with van der Waals surface area (Å²) in [6.07, 6.45) is 0.869. The number of ether oxygens (including phenoxy) is 2. The van der Waals surface area contributed by atoms with Gasteiger partial charge in [-0.1, -0.05) is 6.07 Å². The van der Waals surface area contributed by atoms with Gasteiger partial charge in [0.15, 0.2) is 0 Å². The minimum absolute atomic E-state index is 0.264. The Kier molecular flexibility index (Phi) is 4.76. The number of carbonyl (C=O) groups is 1. The van der Waals surface area contributed by atoms with Gasteiger partial charge in [-0.05, 0) is 25.0 Å². The van der Waals surface area contributed by atoms with Crippen molar-refractivity contribution in [2.75, 3.05) is 13.7 Å². The first-order valence-corrected chi connectivity index (χ1v) is 5.09. The van der Waals surface area contributed by atoms with Gasteiger partial charge in [0.2, 0.25) is 0 Å². The zero-order chi connectivity index (χ0) is 12.0. The summed E-state index contributed by atoms with van der Waals surface area (Å²) in [7, 11) is 1.35. The normalized spacial score (nSPS) is 9.94. The molecule has 0 unspecified atom stereocenters. The van der Waals surface area contributed by atoms with Gasteiger partial charge in [0.05, 0.1) is 13.7 Å². The van der Waals surface area contributed by atoms with Crippen LogP contribution >= 0.6 is 0 Å². The lowest BCUT2D eigenvalue weighted by Crippen LogP contribution is -2.05. The lowest BCUT2D eigenvalue weighted by molar-refractivity contribution is -0.140. The van der Waals surface area contributed by atoms with Gasteiger partial charge < -0.3 is 9.47 Å². The molecule has 1 aromatic rings. The second-order valence-corrected chi connectivity index (χ2v) is 3.44. The van der Waals surface area contributed by atoms with Crippen molar-refractivity contribution < 1.29 is 18.7 Å². The van der Waals surface area contributed by atoms with Crippen LogP contribution in [-0.4, -0.2) is 19.7 Å². The first kappa shape index (κ1) is 12.5. The highest BCUT2D eigenvalue weighted by molar-refractivity contribution is 5.69. The van der Waals surface area contributed by atoms with E-state index in [4.69, 9.17) is 4.74 Å². The number of carbonyl (C=O) groups excluding carboxylic acids is 1. The largest absolute Gasteiger partial charge is 0.493 e. The van der Waals surface area contributed by atoms with Gasteiger partial charge in [-0.25, -0.2) is 4.39 Å². The first-order valence-electron chi connectivity index (χ1n) is 5.09. The van der Waals surface area contributed by atoms with Crippen LogP contribution in [0, 0.1) is 12.7 Å². The average molecular weight is 226 g/mol. The van der Waals surface area contributed by atoms with Crippen molar-refractivity contribution in [3.63, 3.8) is 0 Å². The van der Waals surface area contributed by atoms with Gasteiger partial charge in [-0.3, -0.25) is 4.79 Å². The Labute approximate surface area is 94.2 Å². The van der Waals surface area contributed by atoms with Crippen LogP contribution in [0.4, 0.5) is 4.39 Å². The monoisotopic (exact) mass is 226 g/mol. The standard InChI is InChI=1S/C12H15FO3/c1-9-5-6-10(13)8-11(9)16-7-3-4-12(14)15-2/h5-6,8H,3-4,7H2,1-2H3. The Morgan fingerprint density at radius 2 is 2.19 bits per heavy atom. The molecule has 16 heavy (non-hydrogen) atoms. The van der Waals surface area contributed by atoms with Crippen molar-refractivity contribution in [2.45, 2.75) is 19.8 Å². The number of aryl methyl sites for hydroxylation is 1. The van der Waals surface area contributed by atoms with Crippen LogP contribution in [0.5, 0.6) is 5.75 Å². The summed E-state index contributed by atoms with van der Waals surface area (Å²) in [6, 6.07) is 4.38. The predicted molar refractivity (Wildman–Crippen MR) is 57.9 cm³/mol. The highest BCUT2D eigenvalue weighted by Gasteiger charge is 2.03. The third-order valence-corrected chi connectivity index (χ3v) is 2.16. The molecule has 0 fully saturated rings. The van der Waals surface area contributed by atoms with E-state index >= 15 is 0 Å². The van der Waals surface area contributed by atoms with Gasteiger partial charge in [-0.15, -0.1) is 0 Å². The number of hydrogen-bond donors (Lipinski definition) is 0. The fourth-order valence-corrected chi connectivity index (χ4v) is 1.23. The maximum atomic E-state index is 12.9. The van der Waals surface area contributed by atoms with Gasteiger partial charge >= 0.3 is 5.97 Å². The van der Waals surface area contributed by atoms with Crippen LogP contribution in [0.2, 0.25) is 0 Å². The molecule has 0 aliphatic carbocycles. The molecule has 0 aromatic heterocycles. The van der Waals surface area contributed by atoms with Crippen molar-refractivity contribution in [3.8, 4) is 5.75 Å². The number of rotatable bonds is 5. The van der Waals surface area contributed by atoms with Crippen LogP contribution in [0.15, 0.2) is 18.2 Å². The van der Waals surface area contributed by atoms with Crippen molar-refractivity contribution in [1.29, 1.82) is 0 Å². The topological polar surface area (TPSA) is 35.5 Å². The molecule has 0 bridgehead atoms. The molecule has 0 saturated carbocycles. The quantitative estimate of drug-likeness (QED) is 0.571. The molecular weight excluding hydrogens is 211 g/mol. The minimum atomic E-state index is -0.325. The zero-order valence-corrected chi connectivity index (χ0v) is 9.46. The molecule has 0 atom stereocenters. The van der Waals surface area contributed by atoms with Gasteiger partial charge in [0.1, 0.15) is 11.6 Å². The summed E-state index contributed by atoms with van der Waals surface area (Å²) in [5.41, 5.74) is 0.875. The molecule has 4 heteroatoms. The van der Waals surface area contributed by atoms with E-state index in [0.29, 0.717) is 25.2 Å². The number of hydrogen-bond acceptors (Lipinski definition) is 3. The molecular formula is C12H15FO3. The fourth-order valence-electron chi connectivity index (χ4n) is 1.23. The van der Waals surface area contributed by atoms with Gasteiger partial charge in [0, 0.05) is 12.5 Å². The lowest BCUT2D eigenvalue weighted by Gasteiger charge is -2.08. The van der Waals surface area contributed by atoms with Crippen LogP contribution in [0.1, 0.15) is 18.4 Å². The van der Waals surface area contributed by atoms with Gasteiger partial charge in [0.25, 0.3) is 0 Å². The van der Waals surface area contributed by atoms with Crippen molar-refractivity contribution in [1.82, 2.24) is 0 Å². The number of esters is 1. The van der Waals surface area contributed by atoms with E-state index in [0.717, 1.165) is 5.56 Å². The Balaban J connectivity index is 2.37. The maximum Gasteiger partial charge on any atom is 0.305 e. The maximum absolute atomic E-state index is 12.9. The number of halogens is 1. The van der Waals surface area contributed by atoms with E-state index in [1.807, 2.05) is 6.92 Å². The van der Waals surface area contributed by atoms with Crippen LogP contribution in [0.3, 0.4) is 0 Å². The Morgan fingerprint density at radius 1 is 1.44 bits per heavy atom. The smallest absolute Gasteiger partial charge is 0.305 e. The zero-order valence-electron chi connectivity index (χ0n) is 9.46. The third kappa shape index (κ3) is 3.88. The summed E-state index contributed by atoms with van der Waals surface area (Å²) >= 11 is 0. The summed E-state index contributed by atoms with van der Waals surface area (Å²) in [4.78, 5) is 10.8. The predicted octanol–water partition coefficient (Wildman–Crippen LogP) is 2.47. The second kappa shape index (κ2) is 6.10. The fraction of sp³-hybridized carbons (Fsp3) is 0.417. The van der Waals surface area contributed by atoms with Crippen molar-refractivity contribution in [2.24, 2.45) is 0 Å². The van der Waals surface area contributed by atoms with E-state index in [-0.39, 0.29) is 11.8 Å². The Bertz CT molecular complexity index is 363. The van der Waals surface area contributed by atoms with Crippen molar-refractivity contribution >= 4 is 5.97 Å². The third-order valence-electron chi connectivity index (χ3n) is 2.16. The molecule has 88 valence electrons. The average Bonchev–Trinajstić information content (AvgIpc) is 2.28. The van der Waals surface area contributed by atoms with Crippen molar-refractivity contribution in [3.05, 3.63) is 29.6 Å². The van der Waals surface area contributed by atoms with Crippen LogP contribution < -0.4 is 4.74 Å². The van der Waals surface area contributed by atoms with E-state index in [9.17, 15) is 9.18 Å². The molecule has 0 saturated heterocycles. The van der Waals surface area contributed by atoms with Gasteiger partial charge in [-0.2, -0.15) is 0 Å². The lowest BCUT2D eigenvalue weighted by atomic mass is 10.2. The van der Waals surface area contributed by atoms with E-state index in [1.54, 1.807) is 6.07 Å². The van der Waals surface area contributed by atoms with E-state index in [2.05, 4.69) is 4.74 Å². The van der Waals surface area contributed by atoms with Crippen LogP contribution in [-0.2, 0) is 9.53 Å². The summed E-state index contributed by atoms with van der Waals surface area (Å²) < 4.78 is 22.7. The molecule has 0 heterocycles. The Hall–Kier alpha value is -1.58. The van der Waals surface area contributed by atoms with Crippen LogP contribution in [0.25, 0.3) is 0 Å². The van der Waals surface area contributed by atoms with E-state index in [1.165, 1.54) is 19.2 Å². The summed E-state index contributed by atoms with van der Waals surface area (Å²) in [6.45, 7) is 2.22. The molecule has 0 N–H and O–H groups in total. The summed E-state index contributed by atoms with van der Waals surface area (Å²) in [5, 5.41) is 0. The molecule has 0 radical (unpaired) electrons. The minimum Gasteiger partial charge on any atom is -0.493 e. The molecule has 0 aliphatic rings. The number of benzene rings is 1. The molecule has 1 rings (SSSR count). The molecule has 0 aliphatic heterocycles. The van der Waals surface area contributed by atoms with E-state index < -0.39 is 0 Å². The number of methoxy groups -OCH3 is 1. The summed E-state index contributed by atoms with van der Waals surface area (Å²) in [5.74, 6) is -0.0713. The Morgan fingerprint density at radius 3 is 2.88 bits per heavy atom. The highest BCUT2D eigenvalue weighted by atomic mass is 19.1. The highest BCUT2D eigenvalue weighted by Crippen LogP contribution is 2.18. The second-order valence-electron chi connectivity index (χ2n) is 3.44. The SMILES string of the molecule is COC(=O)CCCOc1cc(F)ccc1C. The molecule has 1 aromatic carbocycles. The molecule has 0 amide bonds.